The van der Waals surface area contributed by atoms with Crippen LogP contribution in [-0.4, -0.2) is 16.3 Å². The number of hydrogen-bond donors (Lipinski definition) is 1. The van der Waals surface area contributed by atoms with E-state index in [4.69, 9.17) is 11.6 Å². The second kappa shape index (κ2) is 4.65. The summed E-state index contributed by atoms with van der Waals surface area (Å²) < 4.78 is 1.85. The summed E-state index contributed by atoms with van der Waals surface area (Å²) in [6.45, 7) is 1.06. The quantitative estimate of drug-likeness (QED) is 0.901. The molecule has 0 aliphatic carbocycles. The van der Waals surface area contributed by atoms with Crippen molar-refractivity contribution in [3.8, 4) is 0 Å². The lowest BCUT2D eigenvalue weighted by Crippen LogP contribution is -2.14. The van der Waals surface area contributed by atoms with Crippen molar-refractivity contribution < 1.29 is 0 Å². The van der Waals surface area contributed by atoms with Crippen molar-refractivity contribution in [2.75, 3.05) is 11.9 Å². The molecular formula is C14H16ClN3. The summed E-state index contributed by atoms with van der Waals surface area (Å²) in [5.41, 5.74) is 5.08. The Labute approximate surface area is 112 Å². The van der Waals surface area contributed by atoms with Crippen LogP contribution in [0.25, 0.3) is 0 Å². The third-order valence-electron chi connectivity index (χ3n) is 3.53. The fourth-order valence-corrected chi connectivity index (χ4v) is 2.78. The molecule has 0 bridgehead atoms. The van der Waals surface area contributed by atoms with Gasteiger partial charge in [-0.25, -0.2) is 0 Å². The number of aromatic nitrogens is 2. The number of rotatable bonds is 2. The highest BCUT2D eigenvalue weighted by molar-refractivity contribution is 6.31. The summed E-state index contributed by atoms with van der Waals surface area (Å²) in [5, 5.41) is 8.44. The maximum absolute atomic E-state index is 6.17. The molecule has 4 heteroatoms. The Hall–Kier alpha value is -1.48. The van der Waals surface area contributed by atoms with Crippen molar-refractivity contribution in [2.45, 2.75) is 19.3 Å². The zero-order valence-corrected chi connectivity index (χ0v) is 11.2. The number of para-hydroxylation sites is 1. The lowest BCUT2D eigenvalue weighted by Gasteiger charge is -2.21. The van der Waals surface area contributed by atoms with Crippen molar-refractivity contribution >= 4 is 17.3 Å². The van der Waals surface area contributed by atoms with Crippen LogP contribution < -0.4 is 5.32 Å². The van der Waals surface area contributed by atoms with E-state index in [1.54, 1.807) is 6.20 Å². The molecule has 0 spiro atoms. The zero-order valence-electron chi connectivity index (χ0n) is 10.4. The predicted molar refractivity (Wildman–Crippen MR) is 74.3 cm³/mol. The second-order valence-corrected chi connectivity index (χ2v) is 5.13. The Morgan fingerprint density at radius 2 is 2.33 bits per heavy atom. The van der Waals surface area contributed by atoms with Gasteiger partial charge in [0.1, 0.15) is 0 Å². The number of benzene rings is 1. The molecule has 1 aliphatic rings. The largest absolute Gasteiger partial charge is 0.385 e. The van der Waals surface area contributed by atoms with Gasteiger partial charge in [0.25, 0.3) is 0 Å². The standard InChI is InChI=1S/C14H16ClN3/c1-18-13(12(15)9-17-18)8-11-5-2-4-10-6-3-7-16-14(10)11/h2,4-5,9,16H,3,6-8H2,1H3. The van der Waals surface area contributed by atoms with Gasteiger partial charge in [-0.2, -0.15) is 5.10 Å². The van der Waals surface area contributed by atoms with E-state index in [0.29, 0.717) is 0 Å². The van der Waals surface area contributed by atoms with Gasteiger partial charge in [-0.05, 0) is 24.0 Å². The first-order chi connectivity index (χ1) is 8.75. The van der Waals surface area contributed by atoms with Gasteiger partial charge in [0.15, 0.2) is 0 Å². The van der Waals surface area contributed by atoms with E-state index >= 15 is 0 Å². The van der Waals surface area contributed by atoms with Crippen molar-refractivity contribution in [3.05, 3.63) is 46.2 Å². The third-order valence-corrected chi connectivity index (χ3v) is 3.85. The lowest BCUT2D eigenvalue weighted by atomic mass is 9.97. The van der Waals surface area contributed by atoms with E-state index in [1.165, 1.54) is 23.2 Å². The zero-order chi connectivity index (χ0) is 12.5. The van der Waals surface area contributed by atoms with Gasteiger partial charge < -0.3 is 5.32 Å². The van der Waals surface area contributed by atoms with Gasteiger partial charge in [0.05, 0.1) is 16.9 Å². The molecule has 1 aromatic carbocycles. The van der Waals surface area contributed by atoms with Crippen LogP contribution in [0.3, 0.4) is 0 Å². The molecule has 0 fully saturated rings. The Bertz CT molecular complexity index is 555. The van der Waals surface area contributed by atoms with Gasteiger partial charge in [-0.15, -0.1) is 0 Å². The van der Waals surface area contributed by atoms with E-state index in [-0.39, 0.29) is 0 Å². The first kappa shape index (κ1) is 11.6. The number of anilines is 1. The summed E-state index contributed by atoms with van der Waals surface area (Å²) in [6, 6.07) is 6.50. The number of nitrogens with zero attached hydrogens (tertiary/aromatic N) is 2. The van der Waals surface area contributed by atoms with E-state index < -0.39 is 0 Å². The van der Waals surface area contributed by atoms with Crippen molar-refractivity contribution in [2.24, 2.45) is 7.05 Å². The molecule has 94 valence electrons. The highest BCUT2D eigenvalue weighted by atomic mass is 35.5. The maximum atomic E-state index is 6.17. The predicted octanol–water partition coefficient (Wildman–Crippen LogP) is 3.02. The fraction of sp³-hybridized carbons (Fsp3) is 0.357. The third kappa shape index (κ3) is 1.99. The molecule has 3 nitrogen and oxygen atoms in total. The summed E-state index contributed by atoms with van der Waals surface area (Å²) in [5.74, 6) is 0. The first-order valence-corrected chi connectivity index (χ1v) is 6.64. The smallest absolute Gasteiger partial charge is 0.0821 e. The molecular weight excluding hydrogens is 246 g/mol. The van der Waals surface area contributed by atoms with Crippen LogP contribution in [0.1, 0.15) is 23.2 Å². The maximum Gasteiger partial charge on any atom is 0.0821 e. The molecule has 0 saturated heterocycles. The van der Waals surface area contributed by atoms with E-state index in [1.807, 2.05) is 11.7 Å². The number of aryl methyl sites for hydroxylation is 2. The molecule has 0 unspecified atom stereocenters. The molecule has 0 atom stereocenters. The number of nitrogens with one attached hydrogen (secondary N) is 1. The average molecular weight is 262 g/mol. The summed E-state index contributed by atoms with van der Waals surface area (Å²) in [4.78, 5) is 0. The number of hydrogen-bond acceptors (Lipinski definition) is 2. The lowest BCUT2D eigenvalue weighted by molar-refractivity contribution is 0.723. The highest BCUT2D eigenvalue weighted by Gasteiger charge is 2.15. The minimum Gasteiger partial charge on any atom is -0.385 e. The SMILES string of the molecule is Cn1ncc(Cl)c1Cc1cccc2c1NCCC2. The molecule has 1 aliphatic heterocycles. The highest BCUT2D eigenvalue weighted by Crippen LogP contribution is 2.29. The number of halogens is 1. The topological polar surface area (TPSA) is 29.9 Å². The average Bonchev–Trinajstić information content (AvgIpc) is 2.71. The van der Waals surface area contributed by atoms with Gasteiger partial charge in [0.2, 0.25) is 0 Å². The summed E-state index contributed by atoms with van der Waals surface area (Å²) in [6.07, 6.45) is 4.91. The van der Waals surface area contributed by atoms with Gasteiger partial charge in [-0.1, -0.05) is 29.8 Å². The van der Waals surface area contributed by atoms with Crippen molar-refractivity contribution in [1.82, 2.24) is 9.78 Å². The van der Waals surface area contributed by atoms with Crippen LogP contribution in [0.5, 0.6) is 0 Å². The molecule has 2 heterocycles. The Morgan fingerprint density at radius 1 is 1.44 bits per heavy atom. The molecule has 0 radical (unpaired) electrons. The normalized spacial score (nSPS) is 14.1. The molecule has 3 rings (SSSR count). The molecule has 1 N–H and O–H groups in total. The van der Waals surface area contributed by atoms with Crippen LogP contribution in [0.2, 0.25) is 5.02 Å². The Kier molecular flexibility index (Phi) is 3.00. The Morgan fingerprint density at radius 3 is 3.11 bits per heavy atom. The monoisotopic (exact) mass is 261 g/mol. The Balaban J connectivity index is 1.98. The van der Waals surface area contributed by atoms with Crippen LogP contribution >= 0.6 is 11.6 Å². The van der Waals surface area contributed by atoms with E-state index in [9.17, 15) is 0 Å². The van der Waals surface area contributed by atoms with E-state index in [2.05, 4.69) is 28.6 Å². The summed E-state index contributed by atoms with van der Waals surface area (Å²) in [7, 11) is 1.93. The minimum atomic E-state index is 0.742. The van der Waals surface area contributed by atoms with Gasteiger partial charge in [-0.3, -0.25) is 4.68 Å². The molecule has 1 aromatic heterocycles. The van der Waals surface area contributed by atoms with Crippen LogP contribution in [-0.2, 0) is 19.9 Å². The second-order valence-electron chi connectivity index (χ2n) is 4.72. The molecule has 0 amide bonds. The molecule has 2 aromatic rings. The molecule has 18 heavy (non-hydrogen) atoms. The van der Waals surface area contributed by atoms with E-state index in [0.717, 1.165) is 30.1 Å². The van der Waals surface area contributed by atoms with Crippen LogP contribution in [0.15, 0.2) is 24.4 Å². The summed E-state index contributed by atoms with van der Waals surface area (Å²) >= 11 is 6.17. The van der Waals surface area contributed by atoms with Crippen LogP contribution in [0.4, 0.5) is 5.69 Å². The van der Waals surface area contributed by atoms with Crippen molar-refractivity contribution in [1.29, 1.82) is 0 Å². The molecule has 0 saturated carbocycles. The van der Waals surface area contributed by atoms with Crippen LogP contribution in [0, 0.1) is 0 Å². The van der Waals surface area contributed by atoms with Gasteiger partial charge >= 0.3 is 0 Å². The minimum absolute atomic E-state index is 0.742. The van der Waals surface area contributed by atoms with Gasteiger partial charge in [0, 0.05) is 25.7 Å². The van der Waals surface area contributed by atoms with Crippen molar-refractivity contribution in [3.63, 3.8) is 0 Å². The number of fused-ring (bicyclic) bond motifs is 1. The first-order valence-electron chi connectivity index (χ1n) is 6.26. The fourth-order valence-electron chi connectivity index (χ4n) is 2.54.